The van der Waals surface area contributed by atoms with Gasteiger partial charge in [-0.15, -0.1) is 0 Å². The van der Waals surface area contributed by atoms with Crippen LogP contribution in [0, 0.1) is 0 Å². The van der Waals surface area contributed by atoms with Crippen molar-refractivity contribution in [2.45, 2.75) is 45.6 Å². The van der Waals surface area contributed by atoms with Gasteiger partial charge in [0.05, 0.1) is 20.0 Å². The van der Waals surface area contributed by atoms with Crippen LogP contribution >= 0.6 is 0 Å². The van der Waals surface area contributed by atoms with Gasteiger partial charge in [0, 0.05) is 6.54 Å². The fraction of sp³-hybridized carbons (Fsp3) is 0.343. The maximum Gasteiger partial charge on any atom is 0.336 e. The Hall–Kier alpha value is -4.67. The summed E-state index contributed by atoms with van der Waals surface area (Å²) in [4.78, 5) is 32.9. The quantitative estimate of drug-likeness (QED) is 0.150. The summed E-state index contributed by atoms with van der Waals surface area (Å²) in [5, 5.41) is 33.8. The number of ether oxygens (including phenoxy) is 2. The van der Waals surface area contributed by atoms with Crippen LogP contribution in [0.3, 0.4) is 0 Å². The van der Waals surface area contributed by atoms with Crippen molar-refractivity contribution in [1.29, 1.82) is 0 Å². The number of methoxy groups -OCH3 is 1. The van der Waals surface area contributed by atoms with Gasteiger partial charge >= 0.3 is 17.9 Å². The van der Waals surface area contributed by atoms with E-state index in [2.05, 4.69) is 92.4 Å². The van der Waals surface area contributed by atoms with Gasteiger partial charge in [-0.25, -0.2) is 4.79 Å². The third kappa shape index (κ3) is 11.4. The molecule has 0 spiro atoms. The Morgan fingerprint density at radius 3 is 1.64 bits per heavy atom. The van der Waals surface area contributed by atoms with E-state index in [1.54, 1.807) is 7.11 Å². The first kappa shape index (κ1) is 36.5. The molecule has 0 atom stereocenters. The molecule has 0 aliphatic carbocycles. The molecule has 3 rings (SSSR count). The van der Waals surface area contributed by atoms with Gasteiger partial charge in [0.15, 0.2) is 5.60 Å². The number of likely N-dealkylation sites (N-methyl/N-ethyl adjacent to an activating group) is 1. The molecule has 0 amide bonds. The Morgan fingerprint density at radius 1 is 0.711 bits per heavy atom. The lowest BCUT2D eigenvalue weighted by atomic mass is 9.88. The molecule has 4 N–H and O–H groups in total. The number of aliphatic carboxylic acids is 3. The number of carboxylic acid groups (broad SMARTS) is 3. The summed E-state index contributed by atoms with van der Waals surface area (Å²) in [6.07, 6.45) is -1.36. The Morgan fingerprint density at radius 2 is 1.20 bits per heavy atom. The second kappa shape index (κ2) is 18.2. The van der Waals surface area contributed by atoms with Crippen molar-refractivity contribution in [2.75, 3.05) is 33.4 Å². The Balaban J connectivity index is 0.000000459. The second-order valence-electron chi connectivity index (χ2n) is 10.2. The van der Waals surface area contributed by atoms with Crippen LogP contribution in [-0.2, 0) is 14.4 Å². The molecule has 0 aliphatic rings. The summed E-state index contributed by atoms with van der Waals surface area (Å²) in [7, 11) is 1.70. The number of carboxylic acids is 3. The zero-order chi connectivity index (χ0) is 33.4. The Labute approximate surface area is 264 Å². The Bertz CT molecular complexity index is 1380. The molecule has 0 heterocycles. The minimum Gasteiger partial charge on any atom is -0.497 e. The van der Waals surface area contributed by atoms with Crippen LogP contribution in [0.4, 0.5) is 0 Å². The predicted octanol–water partition coefficient (Wildman–Crippen LogP) is 5.54. The summed E-state index contributed by atoms with van der Waals surface area (Å²) in [6.45, 7) is 10.3. The highest BCUT2D eigenvalue weighted by atomic mass is 16.5. The van der Waals surface area contributed by atoms with Crippen molar-refractivity contribution in [3.05, 3.63) is 95.6 Å². The number of rotatable bonds is 16. The second-order valence-corrected chi connectivity index (χ2v) is 10.2. The van der Waals surface area contributed by atoms with E-state index in [4.69, 9.17) is 29.9 Å². The monoisotopic (exact) mass is 621 g/mol. The number of benzene rings is 3. The van der Waals surface area contributed by atoms with Crippen LogP contribution in [0.1, 0.15) is 56.7 Å². The first-order valence-corrected chi connectivity index (χ1v) is 14.8. The molecule has 0 fully saturated rings. The van der Waals surface area contributed by atoms with Crippen molar-refractivity contribution < 1.29 is 44.3 Å². The van der Waals surface area contributed by atoms with E-state index in [1.165, 1.54) is 27.8 Å². The fourth-order valence-electron chi connectivity index (χ4n) is 4.70. The molecule has 0 unspecified atom stereocenters. The smallest absolute Gasteiger partial charge is 0.336 e. The maximum atomic E-state index is 10.3. The van der Waals surface area contributed by atoms with Crippen LogP contribution in [0.5, 0.6) is 11.5 Å². The number of nitrogens with zero attached hydrogens (tertiary/aromatic N) is 1. The summed E-state index contributed by atoms with van der Waals surface area (Å²) in [6, 6.07) is 27.5. The fourth-order valence-corrected chi connectivity index (χ4v) is 4.70. The number of hydrogen-bond acceptors (Lipinski definition) is 7. The average molecular weight is 622 g/mol. The molecule has 0 aliphatic heterocycles. The van der Waals surface area contributed by atoms with E-state index in [-0.39, 0.29) is 0 Å². The highest BCUT2D eigenvalue weighted by Crippen LogP contribution is 2.35. The van der Waals surface area contributed by atoms with Gasteiger partial charge in [-0.1, -0.05) is 75.4 Å². The molecule has 242 valence electrons. The topological polar surface area (TPSA) is 154 Å². The number of hydrogen-bond donors (Lipinski definition) is 4. The van der Waals surface area contributed by atoms with Crippen molar-refractivity contribution in [2.24, 2.45) is 0 Å². The molecule has 3 aromatic rings. The van der Waals surface area contributed by atoms with E-state index >= 15 is 0 Å². The molecule has 0 bridgehead atoms. The first-order valence-electron chi connectivity index (χ1n) is 14.8. The summed E-state index contributed by atoms with van der Waals surface area (Å²) >= 11 is 0. The lowest BCUT2D eigenvalue weighted by Crippen LogP contribution is -2.42. The molecule has 0 saturated heterocycles. The van der Waals surface area contributed by atoms with Crippen LogP contribution in [0.2, 0.25) is 0 Å². The predicted molar refractivity (Wildman–Crippen MR) is 172 cm³/mol. The van der Waals surface area contributed by atoms with Crippen LogP contribution in [-0.4, -0.2) is 82.2 Å². The zero-order valence-electron chi connectivity index (χ0n) is 26.2. The van der Waals surface area contributed by atoms with E-state index in [0.29, 0.717) is 6.61 Å². The minimum atomic E-state index is -2.74. The van der Waals surface area contributed by atoms with Gasteiger partial charge in [-0.3, -0.25) is 9.59 Å². The van der Waals surface area contributed by atoms with Crippen molar-refractivity contribution in [3.63, 3.8) is 0 Å². The van der Waals surface area contributed by atoms with Crippen molar-refractivity contribution >= 4 is 29.1 Å². The van der Waals surface area contributed by atoms with Gasteiger partial charge in [0.25, 0.3) is 0 Å². The van der Waals surface area contributed by atoms with Crippen LogP contribution in [0.25, 0.3) is 11.1 Å². The molecule has 10 heteroatoms. The largest absolute Gasteiger partial charge is 0.497 e. The first-order chi connectivity index (χ1) is 21.5. The summed E-state index contributed by atoms with van der Waals surface area (Å²) in [5.74, 6) is -3.23. The van der Waals surface area contributed by atoms with Gasteiger partial charge in [0.1, 0.15) is 18.1 Å². The highest BCUT2D eigenvalue weighted by Gasteiger charge is 2.40. The van der Waals surface area contributed by atoms with Crippen molar-refractivity contribution in [1.82, 2.24) is 4.90 Å². The molecule has 10 nitrogen and oxygen atoms in total. The molecule has 45 heavy (non-hydrogen) atoms. The minimum absolute atomic E-state index is 0.703. The van der Waals surface area contributed by atoms with Gasteiger partial charge in [0.2, 0.25) is 0 Å². The molecule has 0 radical (unpaired) electrons. The molecular formula is C35H43NO9. The van der Waals surface area contributed by atoms with Gasteiger partial charge in [-0.05, 0) is 71.6 Å². The van der Waals surface area contributed by atoms with Crippen molar-refractivity contribution in [3.8, 4) is 11.5 Å². The standard InChI is InChI=1S/C29H35NO2.C6H8O7/c1-5-28(23-13-17-26(31-4)18-14-23)29(24-11-9-8-10-12-24)25-15-19-27(20-16-25)32-22-21-30(6-2)7-3;7-3(8)1-6(13,5(11)12)2-4(9)10/h8-20H,5-7,21-22H2,1-4H3;13H,1-2H2,(H,7,8)(H,9,10)(H,11,12)/b29-28-;. The van der Waals surface area contributed by atoms with E-state index < -0.39 is 36.4 Å². The van der Waals surface area contributed by atoms with E-state index in [1.807, 2.05) is 12.1 Å². The van der Waals surface area contributed by atoms with Crippen LogP contribution in [0.15, 0.2) is 78.9 Å². The molecule has 0 saturated carbocycles. The Kier molecular flexibility index (Phi) is 14.8. The normalized spacial score (nSPS) is 11.6. The SMILES string of the molecule is CC/C(=C(\c1ccccc1)c1ccc(OCCN(CC)CC)cc1)c1ccc(OC)cc1.O=C(O)CC(O)(CC(=O)O)C(=O)O. The zero-order valence-corrected chi connectivity index (χ0v) is 26.2. The summed E-state index contributed by atoms with van der Waals surface area (Å²) in [5.41, 5.74) is 3.46. The number of allylic oxidation sites excluding steroid dienone is 1. The maximum absolute atomic E-state index is 10.3. The lowest BCUT2D eigenvalue weighted by Gasteiger charge is -2.19. The number of carbonyl (C=O) groups is 3. The summed E-state index contributed by atoms with van der Waals surface area (Å²) < 4.78 is 11.4. The van der Waals surface area contributed by atoms with Gasteiger partial charge in [-0.2, -0.15) is 0 Å². The van der Waals surface area contributed by atoms with E-state index in [9.17, 15) is 14.4 Å². The number of aliphatic hydroxyl groups is 1. The van der Waals surface area contributed by atoms with Crippen LogP contribution < -0.4 is 9.47 Å². The van der Waals surface area contributed by atoms with Gasteiger partial charge < -0.3 is 34.8 Å². The molecule has 0 aromatic heterocycles. The third-order valence-corrected chi connectivity index (χ3v) is 7.16. The van der Waals surface area contributed by atoms with E-state index in [0.717, 1.165) is 37.6 Å². The third-order valence-electron chi connectivity index (χ3n) is 7.16. The molecule has 3 aromatic carbocycles. The average Bonchev–Trinajstić information content (AvgIpc) is 3.02. The molecular weight excluding hydrogens is 578 g/mol. The highest BCUT2D eigenvalue weighted by molar-refractivity contribution is 5.98. The lowest BCUT2D eigenvalue weighted by molar-refractivity contribution is -0.170.